The number of anilines is 3. The molecule has 2 aliphatic heterocycles. The average molecular weight is 492 g/mol. The van der Waals surface area contributed by atoms with E-state index in [9.17, 15) is 15.6 Å². The second-order valence-corrected chi connectivity index (χ2v) is 9.64. The van der Waals surface area contributed by atoms with E-state index in [1.54, 1.807) is 12.1 Å². The second-order valence-electron chi connectivity index (χ2n) is 9.26. The first-order valence-corrected chi connectivity index (χ1v) is 11.8. The smallest absolute Gasteiger partial charge is 0.247 e. The SMILES string of the molecule is N#Cc1cc(Nc2nc(NC3CC3)c3ncc(C#N)n3n2)c(Cl)c(C2(O)CCN(C3COC3)C2)c1. The second kappa shape index (κ2) is 8.33. The highest BCUT2D eigenvalue weighted by molar-refractivity contribution is 6.34. The Morgan fingerprint density at radius 3 is 2.74 bits per heavy atom. The van der Waals surface area contributed by atoms with Crippen LogP contribution in [0.3, 0.4) is 0 Å². The third-order valence-corrected chi connectivity index (χ3v) is 7.17. The molecular formula is C23H22ClN9O2. The number of imidazole rings is 1. The predicted octanol–water partition coefficient (Wildman–Crippen LogP) is 2.13. The number of ether oxygens (including phenoxy) is 1. The Kier molecular flexibility index (Phi) is 5.24. The minimum absolute atomic E-state index is 0.185. The van der Waals surface area contributed by atoms with Gasteiger partial charge in [0.25, 0.3) is 0 Å². The molecule has 1 atom stereocenters. The number of aromatic nitrogens is 4. The topological polar surface area (TPSA) is 147 Å². The van der Waals surface area contributed by atoms with Crippen LogP contribution < -0.4 is 10.6 Å². The zero-order valence-corrected chi connectivity index (χ0v) is 19.5. The molecule has 6 rings (SSSR count). The first-order chi connectivity index (χ1) is 17.0. The highest BCUT2D eigenvalue weighted by atomic mass is 35.5. The highest BCUT2D eigenvalue weighted by Gasteiger charge is 2.43. The standard InChI is InChI=1S/C23H22ClN9O2/c24-19-17(23(34)3-4-32(12-23)16-10-35-11-16)5-13(7-25)6-18(19)29-22-30-20(28-14-1-2-14)21-27-9-15(8-26)33(21)31-22/h5-6,9,14,16,34H,1-4,10-12H2,(H2,28,29,30,31). The maximum absolute atomic E-state index is 11.5. The molecule has 0 amide bonds. The first-order valence-electron chi connectivity index (χ1n) is 11.4. The number of fused-ring (bicyclic) bond motifs is 1. The van der Waals surface area contributed by atoms with Crippen molar-refractivity contribution in [3.8, 4) is 12.1 Å². The normalized spacial score (nSPS) is 22.5. The van der Waals surface area contributed by atoms with Crippen LogP contribution in [0.4, 0.5) is 17.5 Å². The van der Waals surface area contributed by atoms with Crippen LogP contribution in [0.1, 0.15) is 36.1 Å². The number of halogens is 1. The Hall–Kier alpha value is -3.48. The number of rotatable bonds is 6. The van der Waals surface area contributed by atoms with E-state index in [2.05, 4.69) is 42.7 Å². The van der Waals surface area contributed by atoms with Crippen molar-refractivity contribution in [3.63, 3.8) is 0 Å². The van der Waals surface area contributed by atoms with Gasteiger partial charge in [-0.3, -0.25) is 4.90 Å². The number of likely N-dealkylation sites (tertiary alicyclic amines) is 1. The number of benzene rings is 1. The van der Waals surface area contributed by atoms with Crippen molar-refractivity contribution in [1.29, 1.82) is 10.5 Å². The summed E-state index contributed by atoms with van der Waals surface area (Å²) in [4.78, 5) is 11.0. The lowest BCUT2D eigenvalue weighted by Gasteiger charge is -2.35. The summed E-state index contributed by atoms with van der Waals surface area (Å²) in [5.74, 6) is 0.691. The summed E-state index contributed by atoms with van der Waals surface area (Å²) in [5, 5.41) is 41.8. The van der Waals surface area contributed by atoms with E-state index >= 15 is 0 Å². The van der Waals surface area contributed by atoms with E-state index in [-0.39, 0.29) is 11.6 Å². The van der Waals surface area contributed by atoms with E-state index in [4.69, 9.17) is 16.3 Å². The molecule has 1 aliphatic carbocycles. The van der Waals surface area contributed by atoms with Crippen molar-refractivity contribution in [2.75, 3.05) is 36.9 Å². The molecule has 3 aromatic rings. The molecule has 3 aliphatic rings. The van der Waals surface area contributed by atoms with Gasteiger partial charge in [0.15, 0.2) is 17.2 Å². The molecule has 12 heteroatoms. The number of hydrogen-bond donors (Lipinski definition) is 3. The minimum atomic E-state index is -1.20. The van der Waals surface area contributed by atoms with E-state index in [1.807, 2.05) is 0 Å². The van der Waals surface area contributed by atoms with Crippen LogP contribution in [0.15, 0.2) is 18.3 Å². The van der Waals surface area contributed by atoms with Crippen LogP contribution >= 0.6 is 11.6 Å². The highest BCUT2D eigenvalue weighted by Crippen LogP contribution is 2.41. The van der Waals surface area contributed by atoms with Gasteiger partial charge in [0.2, 0.25) is 5.95 Å². The van der Waals surface area contributed by atoms with Crippen LogP contribution in [-0.4, -0.2) is 68.0 Å². The van der Waals surface area contributed by atoms with Crippen molar-refractivity contribution in [2.45, 2.75) is 36.9 Å². The first kappa shape index (κ1) is 22.0. The Morgan fingerprint density at radius 2 is 2.06 bits per heavy atom. The van der Waals surface area contributed by atoms with Crippen LogP contribution in [0.5, 0.6) is 0 Å². The molecule has 0 bridgehead atoms. The molecule has 11 nitrogen and oxygen atoms in total. The lowest BCUT2D eigenvalue weighted by atomic mass is 9.91. The Bertz CT molecular complexity index is 1400. The number of hydrogen-bond acceptors (Lipinski definition) is 10. The summed E-state index contributed by atoms with van der Waals surface area (Å²) >= 11 is 6.80. The Labute approximate surface area is 205 Å². The largest absolute Gasteiger partial charge is 0.384 e. The fraction of sp³-hybridized carbons (Fsp3) is 0.435. The maximum Gasteiger partial charge on any atom is 0.247 e. The van der Waals surface area contributed by atoms with E-state index < -0.39 is 5.60 Å². The summed E-state index contributed by atoms with van der Waals surface area (Å²) in [5.41, 5.74) is 0.761. The van der Waals surface area contributed by atoms with Crippen molar-refractivity contribution in [3.05, 3.63) is 40.2 Å². The molecule has 0 radical (unpaired) electrons. The van der Waals surface area contributed by atoms with Crippen molar-refractivity contribution < 1.29 is 9.84 Å². The maximum atomic E-state index is 11.5. The van der Waals surface area contributed by atoms with Gasteiger partial charge in [0.05, 0.1) is 47.8 Å². The van der Waals surface area contributed by atoms with Crippen LogP contribution in [0.2, 0.25) is 5.02 Å². The molecular weight excluding hydrogens is 470 g/mol. The van der Waals surface area contributed by atoms with Gasteiger partial charge in [-0.05, 0) is 31.4 Å². The fourth-order valence-electron chi connectivity index (χ4n) is 4.56. The summed E-state index contributed by atoms with van der Waals surface area (Å²) < 4.78 is 6.72. The van der Waals surface area contributed by atoms with E-state index in [0.29, 0.717) is 78.1 Å². The van der Waals surface area contributed by atoms with Crippen molar-refractivity contribution in [1.82, 2.24) is 24.5 Å². The zero-order valence-electron chi connectivity index (χ0n) is 18.7. The number of nitrogens with zero attached hydrogens (tertiary/aromatic N) is 7. The van der Waals surface area contributed by atoms with E-state index in [0.717, 1.165) is 12.8 Å². The molecule has 4 heterocycles. The minimum Gasteiger partial charge on any atom is -0.384 e. The molecule has 1 saturated carbocycles. The third-order valence-electron chi connectivity index (χ3n) is 6.76. The fourth-order valence-corrected chi connectivity index (χ4v) is 4.89. The molecule has 3 N–H and O–H groups in total. The number of nitrogens with one attached hydrogen (secondary N) is 2. The van der Waals surface area contributed by atoms with Gasteiger partial charge in [-0.1, -0.05) is 11.6 Å². The number of β-amino-alcohol motifs (C(OH)–C–C–N with tert-alkyl or cyclic N) is 1. The van der Waals surface area contributed by atoms with Gasteiger partial charge in [-0.25, -0.2) is 4.98 Å². The van der Waals surface area contributed by atoms with Crippen LogP contribution in [0.25, 0.3) is 5.65 Å². The molecule has 1 aromatic carbocycles. The molecule has 178 valence electrons. The monoisotopic (exact) mass is 491 g/mol. The Balaban J connectivity index is 1.37. The van der Waals surface area contributed by atoms with Crippen molar-refractivity contribution >= 4 is 34.7 Å². The third kappa shape index (κ3) is 3.93. The van der Waals surface area contributed by atoms with Crippen molar-refractivity contribution in [2.24, 2.45) is 0 Å². The summed E-state index contributed by atoms with van der Waals surface area (Å²) in [6, 6.07) is 8.07. The lowest BCUT2D eigenvalue weighted by Crippen LogP contribution is -2.49. The number of aliphatic hydroxyl groups is 1. The summed E-state index contributed by atoms with van der Waals surface area (Å²) in [6.45, 7) is 2.44. The molecule has 2 saturated heterocycles. The molecule has 2 aromatic heterocycles. The number of nitriles is 2. The predicted molar refractivity (Wildman–Crippen MR) is 126 cm³/mol. The zero-order chi connectivity index (χ0) is 24.2. The average Bonchev–Trinajstić information content (AvgIpc) is 3.40. The Morgan fingerprint density at radius 1 is 1.23 bits per heavy atom. The summed E-state index contributed by atoms with van der Waals surface area (Å²) in [7, 11) is 0. The van der Waals surface area contributed by atoms with Crippen LogP contribution in [0, 0.1) is 22.7 Å². The van der Waals surface area contributed by atoms with Gasteiger partial charge >= 0.3 is 0 Å². The van der Waals surface area contributed by atoms with Gasteiger partial charge in [0.1, 0.15) is 11.7 Å². The van der Waals surface area contributed by atoms with Gasteiger partial charge < -0.3 is 20.5 Å². The molecule has 0 spiro atoms. The van der Waals surface area contributed by atoms with Gasteiger partial charge in [0, 0.05) is 24.7 Å². The molecule has 35 heavy (non-hydrogen) atoms. The van der Waals surface area contributed by atoms with E-state index in [1.165, 1.54) is 10.7 Å². The van der Waals surface area contributed by atoms with Crippen LogP contribution in [-0.2, 0) is 10.3 Å². The molecule has 1 unspecified atom stereocenters. The lowest BCUT2D eigenvalue weighted by molar-refractivity contribution is -0.0665. The summed E-state index contributed by atoms with van der Waals surface area (Å²) in [6.07, 6.45) is 4.01. The molecule has 3 fully saturated rings. The quantitative estimate of drug-likeness (QED) is 0.468. The van der Waals surface area contributed by atoms with Gasteiger partial charge in [-0.15, -0.1) is 5.10 Å². The van der Waals surface area contributed by atoms with Gasteiger partial charge in [-0.2, -0.15) is 20.0 Å².